The van der Waals surface area contributed by atoms with Crippen LogP contribution in [0.4, 0.5) is 0 Å². The van der Waals surface area contributed by atoms with E-state index in [1.807, 2.05) is 0 Å². The normalized spacial score (nSPS) is 34.3. The molecular weight excluding hydrogens is 264 g/mol. The predicted octanol–water partition coefficient (Wildman–Crippen LogP) is 2.28. The maximum Gasteiger partial charge on any atom is 0.310 e. The second kappa shape index (κ2) is 6.66. The van der Waals surface area contributed by atoms with Gasteiger partial charge in [0.15, 0.2) is 0 Å². The maximum atomic E-state index is 12.0. The molecule has 1 N–H and O–H groups in total. The smallest absolute Gasteiger partial charge is 0.310 e. The van der Waals surface area contributed by atoms with Gasteiger partial charge < -0.3 is 10.1 Å². The van der Waals surface area contributed by atoms with Crippen molar-refractivity contribution < 1.29 is 9.53 Å². The van der Waals surface area contributed by atoms with E-state index in [0.29, 0.717) is 12.1 Å². The molecule has 1 aliphatic carbocycles. The molecule has 1 saturated carbocycles. The Hall–Kier alpha value is -0.610. The molecule has 4 heteroatoms. The van der Waals surface area contributed by atoms with Crippen LogP contribution in [0.25, 0.3) is 0 Å². The summed E-state index contributed by atoms with van der Waals surface area (Å²) >= 11 is 0. The van der Waals surface area contributed by atoms with Gasteiger partial charge in [-0.2, -0.15) is 0 Å². The second-order valence-electron chi connectivity index (χ2n) is 8.17. The lowest BCUT2D eigenvalue weighted by atomic mass is 9.78. The molecule has 21 heavy (non-hydrogen) atoms. The fourth-order valence-corrected chi connectivity index (χ4v) is 3.53. The van der Waals surface area contributed by atoms with Crippen molar-refractivity contribution in [3.05, 3.63) is 0 Å². The number of rotatable bonds is 4. The van der Waals surface area contributed by atoms with Crippen LogP contribution in [0.15, 0.2) is 0 Å². The molecule has 4 atom stereocenters. The molecule has 0 spiro atoms. The molecule has 1 saturated heterocycles. The van der Waals surface area contributed by atoms with Crippen molar-refractivity contribution >= 4 is 5.97 Å². The zero-order valence-electron chi connectivity index (χ0n) is 14.3. The lowest BCUT2D eigenvalue weighted by molar-refractivity contribution is -0.148. The molecule has 122 valence electrons. The molecule has 4 unspecified atom stereocenters. The van der Waals surface area contributed by atoms with E-state index < -0.39 is 0 Å². The molecule has 2 rings (SSSR count). The Morgan fingerprint density at radius 3 is 2.48 bits per heavy atom. The lowest BCUT2D eigenvalue weighted by Crippen LogP contribution is -2.58. The molecule has 1 aliphatic heterocycles. The molecule has 2 fully saturated rings. The Kier molecular flexibility index (Phi) is 5.31. The number of methoxy groups -OCH3 is 1. The molecule has 0 aromatic carbocycles. The highest BCUT2D eigenvalue weighted by atomic mass is 16.5. The summed E-state index contributed by atoms with van der Waals surface area (Å²) in [6.45, 7) is 12.0. The molecule has 2 aliphatic rings. The average Bonchev–Trinajstić information content (AvgIpc) is 2.41. The van der Waals surface area contributed by atoms with Crippen LogP contribution in [0.1, 0.15) is 47.0 Å². The van der Waals surface area contributed by atoms with Gasteiger partial charge in [0.2, 0.25) is 0 Å². The van der Waals surface area contributed by atoms with Crippen molar-refractivity contribution in [3.63, 3.8) is 0 Å². The van der Waals surface area contributed by atoms with Crippen molar-refractivity contribution in [2.24, 2.45) is 17.3 Å². The molecular formula is C17H32N2O2. The van der Waals surface area contributed by atoms with Crippen LogP contribution in [-0.4, -0.2) is 49.7 Å². The largest absolute Gasteiger partial charge is 0.469 e. The van der Waals surface area contributed by atoms with E-state index >= 15 is 0 Å². The third kappa shape index (κ3) is 4.43. The van der Waals surface area contributed by atoms with Crippen molar-refractivity contribution in [1.82, 2.24) is 10.2 Å². The predicted molar refractivity (Wildman–Crippen MR) is 85.1 cm³/mol. The summed E-state index contributed by atoms with van der Waals surface area (Å²) in [5, 5.41) is 3.67. The van der Waals surface area contributed by atoms with Gasteiger partial charge in [-0.15, -0.1) is 0 Å². The summed E-state index contributed by atoms with van der Waals surface area (Å²) < 4.78 is 5.00. The summed E-state index contributed by atoms with van der Waals surface area (Å²) in [7, 11) is 1.50. The number of esters is 1. The molecule has 1 heterocycles. The Balaban J connectivity index is 1.97. The van der Waals surface area contributed by atoms with Crippen LogP contribution in [-0.2, 0) is 9.53 Å². The van der Waals surface area contributed by atoms with Crippen LogP contribution < -0.4 is 5.32 Å². The van der Waals surface area contributed by atoms with E-state index in [2.05, 4.69) is 37.9 Å². The summed E-state index contributed by atoms with van der Waals surface area (Å²) in [6, 6.07) is 1.06. The maximum absolute atomic E-state index is 12.0. The van der Waals surface area contributed by atoms with Crippen molar-refractivity contribution in [2.75, 3.05) is 26.7 Å². The van der Waals surface area contributed by atoms with Crippen molar-refractivity contribution in [3.8, 4) is 0 Å². The second-order valence-corrected chi connectivity index (χ2v) is 8.17. The number of ether oxygens (including phenoxy) is 1. The Morgan fingerprint density at radius 2 is 2.00 bits per heavy atom. The quantitative estimate of drug-likeness (QED) is 0.808. The van der Waals surface area contributed by atoms with Crippen LogP contribution >= 0.6 is 0 Å². The Morgan fingerprint density at radius 1 is 1.29 bits per heavy atom. The summed E-state index contributed by atoms with van der Waals surface area (Å²) in [5.41, 5.74) is 0.271. The topological polar surface area (TPSA) is 41.6 Å². The number of nitrogens with one attached hydrogen (secondary N) is 1. The van der Waals surface area contributed by atoms with Crippen molar-refractivity contribution in [2.45, 2.75) is 59.0 Å². The summed E-state index contributed by atoms with van der Waals surface area (Å²) in [5.74, 6) is 0.743. The number of likely N-dealkylation sites (tertiary alicyclic amines) is 1. The number of hydrogen-bond donors (Lipinski definition) is 1. The van der Waals surface area contributed by atoms with Gasteiger partial charge in [0.05, 0.1) is 13.0 Å². The van der Waals surface area contributed by atoms with Crippen LogP contribution in [0.5, 0.6) is 0 Å². The molecule has 0 aromatic heterocycles. The first kappa shape index (κ1) is 16.8. The average molecular weight is 296 g/mol. The third-order valence-corrected chi connectivity index (χ3v) is 4.98. The number of carbonyl (C=O) groups is 1. The number of hydrogen-bond acceptors (Lipinski definition) is 4. The van der Waals surface area contributed by atoms with E-state index in [-0.39, 0.29) is 17.3 Å². The van der Waals surface area contributed by atoms with Gasteiger partial charge in [-0.1, -0.05) is 27.7 Å². The molecule has 0 bridgehead atoms. The van der Waals surface area contributed by atoms with E-state index in [1.165, 1.54) is 20.0 Å². The fourth-order valence-electron chi connectivity index (χ4n) is 3.53. The molecule has 0 radical (unpaired) electrons. The monoisotopic (exact) mass is 296 g/mol. The van der Waals surface area contributed by atoms with E-state index in [9.17, 15) is 4.79 Å². The number of carbonyl (C=O) groups excluding carboxylic acids is 1. The first-order valence-electron chi connectivity index (χ1n) is 8.35. The van der Waals surface area contributed by atoms with E-state index in [4.69, 9.17) is 4.74 Å². The summed E-state index contributed by atoms with van der Waals surface area (Å²) in [6.07, 6.45) is 3.51. The Labute approximate surface area is 129 Å². The van der Waals surface area contributed by atoms with E-state index in [1.54, 1.807) is 0 Å². The minimum absolute atomic E-state index is 0.0222. The molecule has 4 nitrogen and oxygen atoms in total. The Bertz CT molecular complexity index is 364. The van der Waals surface area contributed by atoms with Gasteiger partial charge >= 0.3 is 5.97 Å². The van der Waals surface area contributed by atoms with Gasteiger partial charge in [0.25, 0.3) is 0 Å². The zero-order valence-corrected chi connectivity index (χ0v) is 14.3. The van der Waals surface area contributed by atoms with Gasteiger partial charge in [-0.3, -0.25) is 9.69 Å². The highest BCUT2D eigenvalue weighted by Gasteiger charge is 2.39. The standard InChI is InChI=1S/C17H32N2O2/c1-12-6-7-15(12)19-9-13(16(20)21-5)8-14(10-19)18-11-17(2,3)4/h12-15,18H,6-11H2,1-5H3. The van der Waals surface area contributed by atoms with Gasteiger partial charge in [0.1, 0.15) is 0 Å². The molecule has 0 amide bonds. The van der Waals surface area contributed by atoms with E-state index in [0.717, 1.165) is 32.0 Å². The highest BCUT2D eigenvalue weighted by Crippen LogP contribution is 2.34. The van der Waals surface area contributed by atoms with Gasteiger partial charge in [0, 0.05) is 31.7 Å². The molecule has 0 aromatic rings. The van der Waals surface area contributed by atoms with Crippen molar-refractivity contribution in [1.29, 1.82) is 0 Å². The minimum atomic E-state index is -0.0470. The zero-order chi connectivity index (χ0) is 15.6. The highest BCUT2D eigenvalue weighted by molar-refractivity contribution is 5.72. The van der Waals surface area contributed by atoms with Crippen LogP contribution in [0, 0.1) is 17.3 Å². The van der Waals surface area contributed by atoms with Crippen LogP contribution in [0.2, 0.25) is 0 Å². The first-order chi connectivity index (χ1) is 9.80. The third-order valence-electron chi connectivity index (χ3n) is 4.98. The minimum Gasteiger partial charge on any atom is -0.469 e. The van der Waals surface area contributed by atoms with Crippen LogP contribution in [0.3, 0.4) is 0 Å². The van der Waals surface area contributed by atoms with Gasteiger partial charge in [-0.25, -0.2) is 0 Å². The lowest BCUT2D eigenvalue weighted by Gasteiger charge is -2.48. The summed E-state index contributed by atoms with van der Waals surface area (Å²) in [4.78, 5) is 14.5. The first-order valence-corrected chi connectivity index (χ1v) is 8.35. The number of nitrogens with zero attached hydrogens (tertiary/aromatic N) is 1. The number of piperidine rings is 1. The fraction of sp³-hybridized carbons (Fsp3) is 0.941. The SMILES string of the molecule is COC(=O)C1CC(NCC(C)(C)C)CN(C2CCC2C)C1. The van der Waals surface area contributed by atoms with Gasteiger partial charge in [-0.05, 0) is 30.6 Å².